The monoisotopic (exact) mass is 351 g/mol. The van der Waals surface area contributed by atoms with Crippen molar-refractivity contribution in [1.82, 2.24) is 0 Å². The molecule has 0 heterocycles. The molecule has 0 aliphatic rings. The largest absolute Gasteiger partial charge is 0.435 e. The van der Waals surface area contributed by atoms with Gasteiger partial charge in [0.05, 0.1) is 15.7 Å². The first-order valence-electron chi connectivity index (χ1n) is 5.88. The molecule has 0 atom stereocenters. The molecule has 0 unspecified atom stereocenters. The van der Waals surface area contributed by atoms with E-state index in [9.17, 15) is 8.78 Å². The van der Waals surface area contributed by atoms with Crippen LogP contribution in [0.2, 0.25) is 15.1 Å². The zero-order chi connectivity index (χ0) is 15.4. The summed E-state index contributed by atoms with van der Waals surface area (Å²) in [6.45, 7) is -2.41. The molecule has 1 N–H and O–H groups in total. The van der Waals surface area contributed by atoms with Crippen molar-refractivity contribution in [1.29, 1.82) is 0 Å². The minimum Gasteiger partial charge on any atom is -0.435 e. The molecular weight excluding hydrogens is 343 g/mol. The van der Waals surface area contributed by atoms with Gasteiger partial charge in [-0.05, 0) is 29.8 Å². The SMILES string of the molecule is FC(F)Oc1ccc(CNc2c(Cl)cc(Cl)cc2Cl)cc1. The molecule has 2 rings (SSSR count). The van der Waals surface area contributed by atoms with Gasteiger partial charge in [0.1, 0.15) is 5.75 Å². The molecule has 2 aromatic carbocycles. The summed E-state index contributed by atoms with van der Waals surface area (Å²) in [5, 5.41) is 4.34. The van der Waals surface area contributed by atoms with Gasteiger partial charge in [0.15, 0.2) is 0 Å². The van der Waals surface area contributed by atoms with E-state index in [0.717, 1.165) is 5.56 Å². The maximum Gasteiger partial charge on any atom is 0.387 e. The van der Waals surface area contributed by atoms with E-state index in [-0.39, 0.29) is 5.75 Å². The Balaban J connectivity index is 2.03. The van der Waals surface area contributed by atoms with Gasteiger partial charge in [0.2, 0.25) is 0 Å². The van der Waals surface area contributed by atoms with Gasteiger partial charge in [0.25, 0.3) is 0 Å². The number of benzene rings is 2. The van der Waals surface area contributed by atoms with Crippen LogP contribution in [0, 0.1) is 0 Å². The van der Waals surface area contributed by atoms with Crippen LogP contribution in [0.3, 0.4) is 0 Å². The van der Waals surface area contributed by atoms with E-state index in [1.54, 1.807) is 24.3 Å². The molecule has 0 aliphatic carbocycles. The fourth-order valence-electron chi connectivity index (χ4n) is 1.69. The summed E-state index contributed by atoms with van der Waals surface area (Å²) in [7, 11) is 0. The van der Waals surface area contributed by atoms with Crippen LogP contribution in [0.5, 0.6) is 5.75 Å². The third kappa shape index (κ3) is 4.63. The van der Waals surface area contributed by atoms with E-state index >= 15 is 0 Å². The molecule has 7 heteroatoms. The lowest BCUT2D eigenvalue weighted by Gasteiger charge is -2.11. The molecule has 0 saturated carbocycles. The number of rotatable bonds is 5. The van der Waals surface area contributed by atoms with Crippen molar-refractivity contribution in [2.24, 2.45) is 0 Å². The fourth-order valence-corrected chi connectivity index (χ4v) is 2.64. The smallest absolute Gasteiger partial charge is 0.387 e. The number of halogens is 5. The Morgan fingerprint density at radius 1 is 1.00 bits per heavy atom. The zero-order valence-corrected chi connectivity index (χ0v) is 12.8. The first-order valence-corrected chi connectivity index (χ1v) is 7.01. The lowest BCUT2D eigenvalue weighted by atomic mass is 10.2. The van der Waals surface area contributed by atoms with E-state index in [2.05, 4.69) is 10.1 Å². The van der Waals surface area contributed by atoms with Crippen molar-refractivity contribution in [3.63, 3.8) is 0 Å². The van der Waals surface area contributed by atoms with Crippen LogP contribution in [-0.4, -0.2) is 6.61 Å². The fraction of sp³-hybridized carbons (Fsp3) is 0.143. The number of hydrogen-bond acceptors (Lipinski definition) is 2. The minimum absolute atomic E-state index is 0.108. The maximum absolute atomic E-state index is 12.0. The van der Waals surface area contributed by atoms with Gasteiger partial charge >= 0.3 is 6.61 Å². The van der Waals surface area contributed by atoms with Gasteiger partial charge in [-0.15, -0.1) is 0 Å². The molecule has 0 aliphatic heterocycles. The van der Waals surface area contributed by atoms with Crippen LogP contribution >= 0.6 is 34.8 Å². The molecule has 0 radical (unpaired) electrons. The highest BCUT2D eigenvalue weighted by molar-refractivity contribution is 6.41. The van der Waals surface area contributed by atoms with Gasteiger partial charge in [-0.25, -0.2) is 0 Å². The Morgan fingerprint density at radius 2 is 1.57 bits per heavy atom. The third-order valence-electron chi connectivity index (χ3n) is 2.62. The predicted octanol–water partition coefficient (Wildman–Crippen LogP) is 5.86. The van der Waals surface area contributed by atoms with Crippen LogP contribution in [0.4, 0.5) is 14.5 Å². The topological polar surface area (TPSA) is 21.3 Å². The Morgan fingerprint density at radius 3 is 2.10 bits per heavy atom. The second-order valence-corrected chi connectivity index (χ2v) is 5.37. The number of hydrogen-bond donors (Lipinski definition) is 1. The summed E-state index contributed by atoms with van der Waals surface area (Å²) >= 11 is 17.9. The molecule has 0 saturated heterocycles. The number of nitrogens with one attached hydrogen (secondary N) is 1. The normalized spacial score (nSPS) is 10.8. The van der Waals surface area contributed by atoms with Crippen LogP contribution in [0.1, 0.15) is 5.56 Å². The Labute approximate surface area is 135 Å². The maximum atomic E-state index is 12.0. The first kappa shape index (κ1) is 16.1. The van der Waals surface area contributed by atoms with Gasteiger partial charge < -0.3 is 10.1 Å². The van der Waals surface area contributed by atoms with E-state index in [1.165, 1.54) is 12.1 Å². The predicted molar refractivity (Wildman–Crippen MR) is 81.9 cm³/mol. The summed E-state index contributed by atoms with van der Waals surface area (Å²) in [5.41, 5.74) is 1.43. The van der Waals surface area contributed by atoms with Crippen LogP contribution in [0.25, 0.3) is 0 Å². The van der Waals surface area contributed by atoms with Gasteiger partial charge in [-0.3, -0.25) is 0 Å². The van der Waals surface area contributed by atoms with Gasteiger partial charge in [-0.2, -0.15) is 8.78 Å². The Hall–Kier alpha value is -1.23. The molecule has 0 amide bonds. The highest BCUT2D eigenvalue weighted by atomic mass is 35.5. The van der Waals surface area contributed by atoms with E-state index in [1.807, 2.05) is 0 Å². The third-order valence-corrected chi connectivity index (χ3v) is 3.44. The highest BCUT2D eigenvalue weighted by Gasteiger charge is 2.08. The van der Waals surface area contributed by atoms with E-state index < -0.39 is 6.61 Å². The summed E-state index contributed by atoms with van der Waals surface area (Å²) in [6, 6.07) is 9.43. The highest BCUT2D eigenvalue weighted by Crippen LogP contribution is 2.34. The number of ether oxygens (including phenoxy) is 1. The van der Waals surface area contributed by atoms with Gasteiger partial charge in [-0.1, -0.05) is 46.9 Å². The number of anilines is 1. The van der Waals surface area contributed by atoms with Crippen molar-refractivity contribution in [2.75, 3.05) is 5.32 Å². The van der Waals surface area contributed by atoms with Crippen molar-refractivity contribution in [3.05, 3.63) is 57.0 Å². The quantitative estimate of drug-likeness (QED) is 0.727. The minimum atomic E-state index is -2.83. The lowest BCUT2D eigenvalue weighted by molar-refractivity contribution is -0.0498. The number of alkyl halides is 2. The van der Waals surface area contributed by atoms with Crippen molar-refractivity contribution < 1.29 is 13.5 Å². The molecule has 0 bridgehead atoms. The van der Waals surface area contributed by atoms with E-state index in [4.69, 9.17) is 34.8 Å². The van der Waals surface area contributed by atoms with Crippen molar-refractivity contribution in [2.45, 2.75) is 13.2 Å². The molecule has 112 valence electrons. The lowest BCUT2D eigenvalue weighted by Crippen LogP contribution is -2.03. The standard InChI is InChI=1S/C14H10Cl3F2NO/c15-9-5-11(16)13(12(17)6-9)20-7-8-1-3-10(4-2-8)21-14(18)19/h1-6,14,20H,7H2. The second kappa shape index (κ2) is 7.16. The van der Waals surface area contributed by atoms with Crippen molar-refractivity contribution in [3.8, 4) is 5.75 Å². The summed E-state index contributed by atoms with van der Waals surface area (Å²) in [6.07, 6.45) is 0. The Kier molecular flexibility index (Phi) is 5.51. The van der Waals surface area contributed by atoms with Crippen LogP contribution in [-0.2, 0) is 6.54 Å². The molecular formula is C14H10Cl3F2NO. The molecule has 21 heavy (non-hydrogen) atoms. The van der Waals surface area contributed by atoms with Gasteiger partial charge in [0, 0.05) is 11.6 Å². The van der Waals surface area contributed by atoms with Crippen LogP contribution < -0.4 is 10.1 Å². The molecule has 2 aromatic rings. The summed E-state index contributed by atoms with van der Waals surface area (Å²) < 4.78 is 28.3. The average molecular weight is 353 g/mol. The average Bonchev–Trinajstić information content (AvgIpc) is 2.38. The van der Waals surface area contributed by atoms with Crippen molar-refractivity contribution >= 4 is 40.5 Å². The summed E-state index contributed by atoms with van der Waals surface area (Å²) in [5.74, 6) is 0.108. The second-order valence-electron chi connectivity index (χ2n) is 4.12. The summed E-state index contributed by atoms with van der Waals surface area (Å²) in [4.78, 5) is 0. The molecule has 0 fully saturated rings. The first-order chi connectivity index (χ1) is 9.95. The molecule has 0 aromatic heterocycles. The van der Waals surface area contributed by atoms with E-state index in [0.29, 0.717) is 27.3 Å². The molecule has 0 spiro atoms. The molecule has 2 nitrogen and oxygen atoms in total. The Bertz CT molecular complexity index is 597. The zero-order valence-electron chi connectivity index (χ0n) is 10.5. The van der Waals surface area contributed by atoms with Crippen LogP contribution in [0.15, 0.2) is 36.4 Å².